The summed E-state index contributed by atoms with van der Waals surface area (Å²) in [6.07, 6.45) is 13.5. The molecule has 7 fully saturated rings. The number of ether oxygens (including phenoxy) is 1. The largest absolute Gasteiger partial charge is 0.508 e. The molecule has 15 nitrogen and oxygen atoms in total. The average molecular weight is 999 g/mol. The third-order valence-corrected chi connectivity index (χ3v) is 18.1. The van der Waals surface area contributed by atoms with Gasteiger partial charge in [-0.2, -0.15) is 9.97 Å². The highest BCUT2D eigenvalue weighted by Gasteiger charge is 2.48. The summed E-state index contributed by atoms with van der Waals surface area (Å²) >= 11 is 0. The topological polar surface area (TPSA) is 160 Å². The Hall–Kier alpha value is -6.11. The van der Waals surface area contributed by atoms with Crippen molar-refractivity contribution in [2.45, 2.75) is 108 Å². The number of pyridine rings is 1. The number of hydrogen-bond donors (Lipinski definition) is 3. The molecule has 13 rings (SSSR count). The molecule has 1 spiro atoms. The summed E-state index contributed by atoms with van der Waals surface area (Å²) in [5, 5.41) is 17.1. The van der Waals surface area contributed by atoms with Crippen LogP contribution in [0.4, 0.5) is 24.7 Å². The number of benzene rings is 3. The van der Waals surface area contributed by atoms with Crippen LogP contribution in [0.3, 0.4) is 0 Å². The number of carbonyl (C=O) groups is 3. The lowest BCUT2D eigenvalue weighted by molar-refractivity contribution is -0.136. The molecule has 3 amide bonds. The van der Waals surface area contributed by atoms with E-state index in [0.29, 0.717) is 60.9 Å². The first-order chi connectivity index (χ1) is 35.4. The first kappa shape index (κ1) is 46.7. The molecule has 5 saturated heterocycles. The second kappa shape index (κ2) is 18.1. The monoisotopic (exact) mass is 998 g/mol. The number of nitrogens with zero attached hydrogens (tertiary/aromatic N) is 8. The van der Waals surface area contributed by atoms with Crippen LogP contribution in [0, 0.1) is 28.3 Å². The van der Waals surface area contributed by atoms with Crippen LogP contribution >= 0.6 is 0 Å². The standard InChI is InChI=1S/C55H61F3N10O5/c56-42-6-1-32-24-38(69)25-40(45(32)46(42)57)48-47(58)49-41(26-59-48)50(67-28-34-2-3-35(29-67)60-34)63-53(62-49)73-31-55(13-14-55)30-64-17-15-54(16-18-64)11-9-36(10-12-54)65-19-21-66(22-20-65)37-4-5-39-33(23-37)27-68(52(39)72)43-7-8-44(70)61-51(43)71/h1,4-6,23-26,34-36,43,60,69H,2-3,7-22,27-31H2,(H,61,70,71)/t34?,35?,43-/m0/s1. The molecule has 2 aliphatic carbocycles. The van der Waals surface area contributed by atoms with E-state index in [1.165, 1.54) is 62.9 Å². The number of rotatable bonds is 10. The second-order valence-electron chi connectivity index (χ2n) is 22.6. The van der Waals surface area contributed by atoms with Crippen molar-refractivity contribution in [2.24, 2.45) is 10.8 Å². The van der Waals surface area contributed by atoms with E-state index in [1.54, 1.807) is 4.90 Å². The van der Waals surface area contributed by atoms with Crippen molar-refractivity contribution in [3.8, 4) is 23.0 Å². The maximum Gasteiger partial charge on any atom is 0.319 e. The molecule has 73 heavy (non-hydrogen) atoms. The summed E-state index contributed by atoms with van der Waals surface area (Å²) in [4.78, 5) is 63.1. The fraction of sp³-hybridized carbons (Fsp3) is 0.527. The minimum absolute atomic E-state index is 0.0234. The molecule has 382 valence electrons. The number of piperazine rings is 2. The van der Waals surface area contributed by atoms with Crippen LogP contribution < -0.4 is 25.2 Å². The van der Waals surface area contributed by atoms with Gasteiger partial charge in [0.1, 0.15) is 28.8 Å². The van der Waals surface area contributed by atoms with Gasteiger partial charge in [0.2, 0.25) is 11.8 Å². The van der Waals surface area contributed by atoms with Crippen molar-refractivity contribution < 1.29 is 37.4 Å². The Morgan fingerprint density at radius 1 is 0.781 bits per heavy atom. The van der Waals surface area contributed by atoms with Gasteiger partial charge in [0.25, 0.3) is 5.91 Å². The van der Waals surface area contributed by atoms with Gasteiger partial charge >= 0.3 is 6.01 Å². The minimum Gasteiger partial charge on any atom is -0.508 e. The summed E-state index contributed by atoms with van der Waals surface area (Å²) in [6.45, 7) is 9.05. The Kier molecular flexibility index (Phi) is 11.6. The lowest BCUT2D eigenvalue weighted by Crippen LogP contribution is -2.52. The summed E-state index contributed by atoms with van der Waals surface area (Å²) < 4.78 is 53.5. The number of fused-ring (bicyclic) bond motifs is 5. The van der Waals surface area contributed by atoms with Gasteiger partial charge in [0.05, 0.1) is 12.0 Å². The molecule has 18 heteroatoms. The van der Waals surface area contributed by atoms with Crippen LogP contribution in [0.2, 0.25) is 0 Å². The SMILES string of the molecule is O=C1CC[C@H](N2Cc3cc(N4CCN(C5CCC6(CC5)CCN(CC5(COc7nc(N8CC9CCC(C8)N9)c8cnc(-c9cc(O)cc%10ccc(F)c(F)c9%10)c(F)c8n7)CC5)CC6)CC4)ccc3C2=O)C(=O)N1. The van der Waals surface area contributed by atoms with E-state index in [2.05, 4.69) is 46.3 Å². The minimum atomic E-state index is -1.15. The summed E-state index contributed by atoms with van der Waals surface area (Å²) in [6, 6.07) is 11.5. The van der Waals surface area contributed by atoms with Gasteiger partial charge in [0, 0.05) is 111 Å². The molecule has 2 bridgehead atoms. The molecule has 5 aromatic rings. The zero-order valence-electron chi connectivity index (χ0n) is 41.0. The maximum absolute atomic E-state index is 17.0. The van der Waals surface area contributed by atoms with Crippen molar-refractivity contribution in [3.05, 3.63) is 77.2 Å². The number of aromatic nitrogens is 3. The number of amides is 3. The van der Waals surface area contributed by atoms with Crippen LogP contribution in [0.25, 0.3) is 32.9 Å². The molecule has 0 radical (unpaired) electrons. The van der Waals surface area contributed by atoms with E-state index in [4.69, 9.17) is 9.72 Å². The lowest BCUT2D eigenvalue weighted by Gasteiger charge is -2.49. The van der Waals surface area contributed by atoms with E-state index >= 15 is 8.78 Å². The molecular weight excluding hydrogens is 938 g/mol. The number of hydrogen-bond acceptors (Lipinski definition) is 13. The molecule has 2 saturated carbocycles. The van der Waals surface area contributed by atoms with Crippen LogP contribution in [0.15, 0.2) is 48.7 Å². The van der Waals surface area contributed by atoms with Crippen molar-refractivity contribution in [2.75, 3.05) is 75.3 Å². The first-order valence-corrected chi connectivity index (χ1v) is 26.5. The van der Waals surface area contributed by atoms with Gasteiger partial charge in [-0.15, -0.1) is 0 Å². The third-order valence-electron chi connectivity index (χ3n) is 18.1. The van der Waals surface area contributed by atoms with Gasteiger partial charge in [0.15, 0.2) is 17.5 Å². The van der Waals surface area contributed by atoms with E-state index in [1.807, 2.05) is 12.1 Å². The van der Waals surface area contributed by atoms with Crippen LogP contribution in [-0.4, -0.2) is 142 Å². The molecule has 2 aromatic heterocycles. The number of phenolic OH excluding ortho intramolecular Hbond substituents is 1. The highest BCUT2D eigenvalue weighted by molar-refractivity contribution is 6.05. The molecule has 6 aliphatic heterocycles. The van der Waals surface area contributed by atoms with Crippen LogP contribution in [0.5, 0.6) is 11.8 Å². The average Bonchev–Trinajstić information content (AvgIpc) is 3.97. The third kappa shape index (κ3) is 8.60. The smallest absolute Gasteiger partial charge is 0.319 e. The first-order valence-electron chi connectivity index (χ1n) is 26.5. The Morgan fingerprint density at radius 3 is 2.29 bits per heavy atom. The summed E-state index contributed by atoms with van der Waals surface area (Å²) in [5.74, 6) is -3.56. The van der Waals surface area contributed by atoms with Crippen molar-refractivity contribution in [1.82, 2.24) is 40.3 Å². The number of imide groups is 1. The molecule has 2 unspecified atom stereocenters. The number of aromatic hydroxyl groups is 1. The van der Waals surface area contributed by atoms with Gasteiger partial charge in [-0.25, -0.2) is 13.2 Å². The van der Waals surface area contributed by atoms with E-state index in [9.17, 15) is 23.9 Å². The summed E-state index contributed by atoms with van der Waals surface area (Å²) in [5.41, 5.74) is 2.68. The predicted octanol–water partition coefficient (Wildman–Crippen LogP) is 6.68. The van der Waals surface area contributed by atoms with Crippen LogP contribution in [0.1, 0.15) is 93.0 Å². The van der Waals surface area contributed by atoms with E-state index in [-0.39, 0.29) is 80.9 Å². The zero-order valence-corrected chi connectivity index (χ0v) is 41.0. The fourth-order valence-electron chi connectivity index (χ4n) is 13.6. The number of nitrogens with one attached hydrogen (secondary N) is 2. The van der Waals surface area contributed by atoms with E-state index < -0.39 is 23.5 Å². The molecule has 3 aromatic carbocycles. The van der Waals surface area contributed by atoms with E-state index in [0.717, 1.165) is 88.8 Å². The quantitative estimate of drug-likeness (QED) is 0.128. The molecule has 8 aliphatic rings. The Balaban J connectivity index is 0.631. The number of piperidine rings is 2. The number of phenols is 1. The number of likely N-dealkylation sites (tertiary alicyclic amines) is 1. The van der Waals surface area contributed by atoms with Crippen molar-refractivity contribution >= 4 is 50.9 Å². The lowest BCUT2D eigenvalue weighted by atomic mass is 9.66. The normalized spacial score (nSPS) is 25.3. The Bertz CT molecular complexity index is 3040. The van der Waals surface area contributed by atoms with Crippen LogP contribution in [-0.2, 0) is 16.1 Å². The Labute approximate surface area is 421 Å². The van der Waals surface area contributed by atoms with Gasteiger partial charge in [-0.05, 0) is 136 Å². The Morgan fingerprint density at radius 2 is 1.55 bits per heavy atom. The highest BCUT2D eigenvalue weighted by atomic mass is 19.2. The number of carbonyl (C=O) groups excluding carboxylic acids is 3. The maximum atomic E-state index is 17.0. The van der Waals surface area contributed by atoms with Gasteiger partial charge in [-0.1, -0.05) is 6.07 Å². The zero-order chi connectivity index (χ0) is 49.8. The predicted molar refractivity (Wildman–Crippen MR) is 268 cm³/mol. The number of anilines is 2. The fourth-order valence-corrected chi connectivity index (χ4v) is 13.6. The highest BCUT2D eigenvalue weighted by Crippen LogP contribution is 2.50. The van der Waals surface area contributed by atoms with Gasteiger partial charge < -0.3 is 34.8 Å². The van der Waals surface area contributed by atoms with Gasteiger partial charge in [-0.3, -0.25) is 29.6 Å². The molecule has 8 heterocycles. The molecule has 3 N–H and O–H groups in total. The van der Waals surface area contributed by atoms with Crippen molar-refractivity contribution in [1.29, 1.82) is 0 Å². The van der Waals surface area contributed by atoms with Crippen molar-refractivity contribution in [3.63, 3.8) is 0 Å². The number of halogens is 3. The summed E-state index contributed by atoms with van der Waals surface area (Å²) in [7, 11) is 0. The molecule has 3 atom stereocenters. The molecular formula is C55H61F3N10O5. The second-order valence-corrected chi connectivity index (χ2v) is 22.6.